The first kappa shape index (κ1) is 11.1. The second-order valence-corrected chi connectivity index (χ2v) is 5.73. The van der Waals surface area contributed by atoms with Gasteiger partial charge in [-0.05, 0) is 18.8 Å². The lowest BCUT2D eigenvalue weighted by Gasteiger charge is -2.28. The molecule has 0 bridgehead atoms. The molecule has 1 unspecified atom stereocenters. The zero-order valence-corrected chi connectivity index (χ0v) is 10.9. The van der Waals surface area contributed by atoms with Gasteiger partial charge < -0.3 is 4.74 Å². The minimum absolute atomic E-state index is 0.425. The van der Waals surface area contributed by atoms with Crippen molar-refractivity contribution in [1.29, 1.82) is 0 Å². The molecule has 2 nitrogen and oxygen atoms in total. The Morgan fingerprint density at radius 3 is 2.21 bits per heavy atom. The maximum Gasteiger partial charge on any atom is 0.121 e. The van der Waals surface area contributed by atoms with Crippen LogP contribution in [0.15, 0.2) is 0 Å². The summed E-state index contributed by atoms with van der Waals surface area (Å²) in [6, 6.07) is 0. The molecule has 0 amide bonds. The second kappa shape index (κ2) is 5.66. The van der Waals surface area contributed by atoms with Crippen LogP contribution in [0.1, 0.15) is 44.9 Å². The highest BCUT2D eigenvalue weighted by Crippen LogP contribution is 2.31. The average molecular weight is 309 g/mol. The van der Waals surface area contributed by atoms with Gasteiger partial charge in [0.25, 0.3) is 0 Å². The Balaban J connectivity index is 1.86. The van der Waals surface area contributed by atoms with E-state index in [9.17, 15) is 0 Å². The van der Waals surface area contributed by atoms with E-state index in [1.807, 2.05) is 0 Å². The third-order valence-electron chi connectivity index (χ3n) is 3.42. The van der Waals surface area contributed by atoms with Gasteiger partial charge in [-0.2, -0.15) is 0 Å². The first-order chi connectivity index (χ1) is 6.88. The predicted octanol–water partition coefficient (Wildman–Crippen LogP) is 3.36. The van der Waals surface area contributed by atoms with E-state index in [4.69, 9.17) is 4.74 Å². The molecule has 1 heterocycles. The number of rotatable bonds is 1. The van der Waals surface area contributed by atoms with Crippen molar-refractivity contribution in [3.63, 3.8) is 0 Å². The molecule has 14 heavy (non-hydrogen) atoms. The maximum absolute atomic E-state index is 5.82. The molecular weight excluding hydrogens is 289 g/mol. The van der Waals surface area contributed by atoms with E-state index in [0.717, 1.165) is 19.1 Å². The summed E-state index contributed by atoms with van der Waals surface area (Å²) in [4.78, 5) is 0. The van der Waals surface area contributed by atoms with E-state index >= 15 is 0 Å². The first-order valence-corrected chi connectivity index (χ1v) is 6.88. The molecule has 0 N–H and O–H groups in total. The number of hydrogen-bond donors (Lipinski definition) is 0. The average Bonchev–Trinajstić information content (AvgIpc) is 2.51. The molecule has 2 rings (SSSR count). The zero-order valence-electron chi connectivity index (χ0n) is 8.75. The predicted molar refractivity (Wildman–Crippen MR) is 66.3 cm³/mol. The normalized spacial score (nSPS) is 32.8. The summed E-state index contributed by atoms with van der Waals surface area (Å²) in [5.41, 5.74) is 0. The molecule has 0 aromatic carbocycles. The molecular formula is C11H20INO. The number of ether oxygens (including phenoxy) is 1. The van der Waals surface area contributed by atoms with Crippen LogP contribution in [0.5, 0.6) is 0 Å². The third-order valence-corrected chi connectivity index (χ3v) is 4.45. The van der Waals surface area contributed by atoms with Gasteiger partial charge in [-0.25, -0.2) is 3.11 Å². The van der Waals surface area contributed by atoms with Crippen LogP contribution in [0.4, 0.5) is 0 Å². The van der Waals surface area contributed by atoms with Crippen LogP contribution in [-0.2, 0) is 4.74 Å². The van der Waals surface area contributed by atoms with E-state index in [2.05, 4.69) is 26.0 Å². The Morgan fingerprint density at radius 2 is 1.64 bits per heavy atom. The van der Waals surface area contributed by atoms with Crippen molar-refractivity contribution in [1.82, 2.24) is 3.11 Å². The van der Waals surface area contributed by atoms with Gasteiger partial charge in [0.2, 0.25) is 0 Å². The first-order valence-electron chi connectivity index (χ1n) is 5.92. The fraction of sp³-hybridized carbons (Fsp3) is 1.00. The van der Waals surface area contributed by atoms with Gasteiger partial charge in [0.1, 0.15) is 6.23 Å². The fourth-order valence-electron chi connectivity index (χ4n) is 2.61. The number of hydrogen-bond acceptors (Lipinski definition) is 2. The topological polar surface area (TPSA) is 12.5 Å². The van der Waals surface area contributed by atoms with Gasteiger partial charge in [-0.3, -0.25) is 0 Å². The van der Waals surface area contributed by atoms with Crippen molar-refractivity contribution in [2.45, 2.75) is 51.2 Å². The Morgan fingerprint density at radius 1 is 1.00 bits per heavy atom. The second-order valence-electron chi connectivity index (χ2n) is 4.49. The highest BCUT2D eigenvalue weighted by atomic mass is 127. The van der Waals surface area contributed by atoms with E-state index in [0.29, 0.717) is 6.23 Å². The van der Waals surface area contributed by atoms with Crippen molar-refractivity contribution in [3.8, 4) is 0 Å². The Labute approximate surface area is 101 Å². The molecule has 2 aliphatic rings. The standard InChI is InChI=1S/C11H20INO/c12-13-8-9-14-11(13)10-6-4-2-1-3-5-7-10/h10-11H,1-9H2. The lowest BCUT2D eigenvalue weighted by Crippen LogP contribution is -2.30. The summed E-state index contributed by atoms with van der Waals surface area (Å²) in [6.45, 7) is 2.05. The van der Waals surface area contributed by atoms with Crippen molar-refractivity contribution < 1.29 is 4.74 Å². The maximum atomic E-state index is 5.82. The summed E-state index contributed by atoms with van der Waals surface area (Å²) < 4.78 is 8.18. The van der Waals surface area contributed by atoms with Crippen LogP contribution >= 0.6 is 22.9 Å². The molecule has 0 aromatic rings. The SMILES string of the molecule is IN1CCOC1C1CCCCCCC1. The molecule has 0 aromatic heterocycles. The summed E-state index contributed by atoms with van der Waals surface area (Å²) in [6.07, 6.45) is 10.3. The van der Waals surface area contributed by atoms with Crippen LogP contribution in [-0.4, -0.2) is 22.5 Å². The third kappa shape index (κ3) is 2.83. The summed E-state index contributed by atoms with van der Waals surface area (Å²) in [5, 5.41) is 0. The highest BCUT2D eigenvalue weighted by Gasteiger charge is 2.31. The minimum atomic E-state index is 0.425. The Bertz CT molecular complexity index is 169. The van der Waals surface area contributed by atoms with Crippen molar-refractivity contribution in [3.05, 3.63) is 0 Å². The van der Waals surface area contributed by atoms with Gasteiger partial charge in [0.15, 0.2) is 0 Å². The van der Waals surface area contributed by atoms with Crippen molar-refractivity contribution in [2.24, 2.45) is 5.92 Å². The monoisotopic (exact) mass is 309 g/mol. The van der Waals surface area contributed by atoms with Gasteiger partial charge >= 0.3 is 0 Å². The molecule has 1 aliphatic heterocycles. The Kier molecular flexibility index (Phi) is 4.50. The van der Waals surface area contributed by atoms with E-state index in [1.54, 1.807) is 0 Å². The zero-order chi connectivity index (χ0) is 9.80. The quantitative estimate of drug-likeness (QED) is 0.544. The van der Waals surface area contributed by atoms with Crippen LogP contribution in [0.25, 0.3) is 0 Å². The molecule has 82 valence electrons. The summed E-state index contributed by atoms with van der Waals surface area (Å²) in [5.74, 6) is 0.801. The van der Waals surface area contributed by atoms with Gasteiger partial charge in [0, 0.05) is 29.4 Å². The molecule has 0 spiro atoms. The molecule has 1 saturated heterocycles. The number of halogens is 1. The van der Waals surface area contributed by atoms with Crippen LogP contribution < -0.4 is 0 Å². The van der Waals surface area contributed by atoms with Gasteiger partial charge in [-0.1, -0.05) is 32.1 Å². The molecule has 2 fully saturated rings. The Hall–Kier alpha value is 0.650. The van der Waals surface area contributed by atoms with Gasteiger partial charge in [0.05, 0.1) is 6.61 Å². The lowest BCUT2D eigenvalue weighted by atomic mass is 9.90. The largest absolute Gasteiger partial charge is 0.361 e. The smallest absolute Gasteiger partial charge is 0.121 e. The molecule has 1 saturated carbocycles. The molecule has 1 atom stereocenters. The van der Waals surface area contributed by atoms with Crippen LogP contribution in [0.3, 0.4) is 0 Å². The van der Waals surface area contributed by atoms with E-state index < -0.39 is 0 Å². The molecule has 3 heteroatoms. The fourth-order valence-corrected chi connectivity index (χ4v) is 3.42. The summed E-state index contributed by atoms with van der Waals surface area (Å²) >= 11 is 2.43. The summed E-state index contributed by atoms with van der Waals surface area (Å²) in [7, 11) is 0. The molecule has 1 aliphatic carbocycles. The van der Waals surface area contributed by atoms with Crippen LogP contribution in [0.2, 0.25) is 0 Å². The van der Waals surface area contributed by atoms with E-state index in [-0.39, 0.29) is 0 Å². The lowest BCUT2D eigenvalue weighted by molar-refractivity contribution is 0.0181. The van der Waals surface area contributed by atoms with Crippen LogP contribution in [0, 0.1) is 5.92 Å². The molecule has 0 radical (unpaired) electrons. The minimum Gasteiger partial charge on any atom is -0.361 e. The highest BCUT2D eigenvalue weighted by molar-refractivity contribution is 14.1. The number of nitrogens with zero attached hydrogens (tertiary/aromatic N) is 1. The van der Waals surface area contributed by atoms with E-state index in [1.165, 1.54) is 44.9 Å². The van der Waals surface area contributed by atoms with Gasteiger partial charge in [-0.15, -0.1) is 0 Å². The van der Waals surface area contributed by atoms with Crippen molar-refractivity contribution >= 4 is 22.9 Å². The van der Waals surface area contributed by atoms with Crippen molar-refractivity contribution in [2.75, 3.05) is 13.2 Å².